The molecular weight excluding hydrogens is 291 g/mol. The van der Waals surface area contributed by atoms with E-state index in [2.05, 4.69) is 10.9 Å². The molecule has 0 unspecified atom stereocenters. The second-order valence-electron chi connectivity index (χ2n) is 3.51. The maximum atomic E-state index is 13.4. The summed E-state index contributed by atoms with van der Waals surface area (Å²) in [7, 11) is 0. The molecule has 2 rings (SSSR count). The first kappa shape index (κ1) is 13.5. The number of amides is 2. The Kier molecular flexibility index (Phi) is 4.13. The van der Waals surface area contributed by atoms with Crippen molar-refractivity contribution in [2.24, 2.45) is 0 Å². The number of halogens is 2. The van der Waals surface area contributed by atoms with Gasteiger partial charge in [-0.15, -0.1) is 11.3 Å². The van der Waals surface area contributed by atoms with Gasteiger partial charge in [0.15, 0.2) is 0 Å². The quantitative estimate of drug-likeness (QED) is 0.837. The van der Waals surface area contributed by atoms with Crippen molar-refractivity contribution >= 4 is 34.8 Å². The van der Waals surface area contributed by atoms with Crippen LogP contribution in [0.25, 0.3) is 0 Å². The van der Waals surface area contributed by atoms with Crippen molar-refractivity contribution in [2.45, 2.75) is 0 Å². The Balaban J connectivity index is 2.00. The minimum atomic E-state index is -0.754. The molecule has 2 aromatic rings. The third-order valence-electron chi connectivity index (χ3n) is 2.21. The summed E-state index contributed by atoms with van der Waals surface area (Å²) in [6.45, 7) is 0. The number of hydrazine groups is 1. The molecule has 1 aromatic heterocycles. The van der Waals surface area contributed by atoms with Crippen molar-refractivity contribution in [3.63, 3.8) is 0 Å². The van der Waals surface area contributed by atoms with Crippen LogP contribution in [0.1, 0.15) is 20.0 Å². The molecule has 4 nitrogen and oxygen atoms in total. The monoisotopic (exact) mass is 298 g/mol. The van der Waals surface area contributed by atoms with Crippen molar-refractivity contribution in [1.29, 1.82) is 0 Å². The predicted octanol–water partition coefficient (Wildman–Crippen LogP) is 2.62. The minimum Gasteiger partial charge on any atom is -0.267 e. The molecule has 0 fully saturated rings. The van der Waals surface area contributed by atoms with Gasteiger partial charge in [-0.25, -0.2) is 4.39 Å². The van der Waals surface area contributed by atoms with Gasteiger partial charge in [0.25, 0.3) is 11.8 Å². The zero-order valence-corrected chi connectivity index (χ0v) is 11.0. The summed E-state index contributed by atoms with van der Waals surface area (Å²) in [6.07, 6.45) is 0. The summed E-state index contributed by atoms with van der Waals surface area (Å²) in [4.78, 5) is 23.6. The molecule has 1 heterocycles. The summed E-state index contributed by atoms with van der Waals surface area (Å²) in [5.74, 6) is -1.97. The van der Waals surface area contributed by atoms with Gasteiger partial charge in [-0.1, -0.05) is 17.7 Å². The normalized spacial score (nSPS) is 10.0. The molecule has 0 spiro atoms. The largest absolute Gasteiger partial charge is 0.279 e. The molecule has 19 heavy (non-hydrogen) atoms. The van der Waals surface area contributed by atoms with Crippen LogP contribution < -0.4 is 10.9 Å². The van der Waals surface area contributed by atoms with Crippen molar-refractivity contribution in [2.75, 3.05) is 0 Å². The molecule has 0 saturated carbocycles. The van der Waals surface area contributed by atoms with E-state index in [-0.39, 0.29) is 10.6 Å². The van der Waals surface area contributed by atoms with Gasteiger partial charge in [0.05, 0.1) is 10.4 Å². The first-order chi connectivity index (χ1) is 9.08. The molecule has 7 heteroatoms. The van der Waals surface area contributed by atoms with E-state index in [1.165, 1.54) is 23.5 Å². The van der Waals surface area contributed by atoms with Crippen molar-refractivity contribution in [1.82, 2.24) is 10.9 Å². The molecular formula is C12H8ClFN2O2S. The van der Waals surface area contributed by atoms with Crippen LogP contribution in [0, 0.1) is 5.82 Å². The molecule has 2 N–H and O–H groups in total. The number of nitrogens with one attached hydrogen (secondary N) is 2. The third-order valence-corrected chi connectivity index (χ3v) is 3.31. The van der Waals surface area contributed by atoms with Crippen molar-refractivity contribution in [3.8, 4) is 0 Å². The molecule has 2 amide bonds. The lowest BCUT2D eigenvalue weighted by atomic mass is 10.2. The van der Waals surface area contributed by atoms with Crippen molar-refractivity contribution < 1.29 is 14.0 Å². The van der Waals surface area contributed by atoms with Crippen LogP contribution in [0.4, 0.5) is 4.39 Å². The second-order valence-corrected chi connectivity index (χ2v) is 4.89. The van der Waals surface area contributed by atoms with Crippen LogP contribution in [0.15, 0.2) is 35.7 Å². The lowest BCUT2D eigenvalue weighted by molar-refractivity contribution is 0.0846. The van der Waals surface area contributed by atoms with Gasteiger partial charge >= 0.3 is 0 Å². The van der Waals surface area contributed by atoms with Gasteiger partial charge in [-0.05, 0) is 29.6 Å². The van der Waals surface area contributed by atoms with Crippen molar-refractivity contribution in [3.05, 3.63) is 57.0 Å². The number of hydrogen-bond acceptors (Lipinski definition) is 3. The Morgan fingerprint density at radius 3 is 2.53 bits per heavy atom. The van der Waals surface area contributed by atoms with Gasteiger partial charge < -0.3 is 0 Å². The second kappa shape index (κ2) is 5.81. The topological polar surface area (TPSA) is 58.2 Å². The predicted molar refractivity (Wildman–Crippen MR) is 70.7 cm³/mol. The number of benzene rings is 1. The fourth-order valence-corrected chi connectivity index (χ4v) is 2.10. The molecule has 0 atom stereocenters. The Bertz CT molecular complexity index is 616. The van der Waals surface area contributed by atoms with Crippen LogP contribution in [0.3, 0.4) is 0 Å². The molecule has 98 valence electrons. The highest BCUT2D eigenvalue weighted by atomic mass is 35.5. The Morgan fingerprint density at radius 1 is 1.16 bits per heavy atom. The summed E-state index contributed by atoms with van der Waals surface area (Å²) < 4.78 is 13.4. The molecule has 0 aliphatic heterocycles. The SMILES string of the molecule is O=C(NNC(=O)c1ccc(Cl)cc1F)c1cccs1. The molecule has 0 bridgehead atoms. The lowest BCUT2D eigenvalue weighted by Gasteiger charge is -2.07. The van der Waals surface area contributed by atoms with E-state index >= 15 is 0 Å². The standard InChI is InChI=1S/C12H8ClFN2O2S/c13-7-3-4-8(9(14)6-7)11(17)15-16-12(18)10-2-1-5-19-10/h1-6H,(H,15,17)(H,16,18). The Labute approximate surface area is 117 Å². The number of carbonyl (C=O) groups excluding carboxylic acids is 2. The first-order valence-electron chi connectivity index (χ1n) is 5.17. The zero-order chi connectivity index (χ0) is 13.8. The Hall–Kier alpha value is -1.92. The highest BCUT2D eigenvalue weighted by Gasteiger charge is 2.13. The van der Waals surface area contributed by atoms with Gasteiger partial charge in [-0.3, -0.25) is 20.4 Å². The Morgan fingerprint density at radius 2 is 1.89 bits per heavy atom. The summed E-state index contributed by atoms with van der Waals surface area (Å²) >= 11 is 6.81. The van der Waals surface area contributed by atoms with E-state index in [4.69, 9.17) is 11.6 Å². The highest BCUT2D eigenvalue weighted by Crippen LogP contribution is 2.14. The maximum absolute atomic E-state index is 13.4. The average Bonchev–Trinajstić information content (AvgIpc) is 2.89. The zero-order valence-electron chi connectivity index (χ0n) is 9.44. The minimum absolute atomic E-state index is 0.191. The average molecular weight is 299 g/mol. The van der Waals surface area contributed by atoms with E-state index < -0.39 is 17.6 Å². The number of carbonyl (C=O) groups is 2. The van der Waals surface area contributed by atoms with Crippen LogP contribution >= 0.6 is 22.9 Å². The molecule has 0 radical (unpaired) electrons. The van der Waals surface area contributed by atoms with E-state index in [1.54, 1.807) is 17.5 Å². The van der Waals surface area contributed by atoms with Gasteiger partial charge in [-0.2, -0.15) is 0 Å². The molecule has 0 aliphatic carbocycles. The summed E-state index contributed by atoms with van der Waals surface area (Å²) in [6, 6.07) is 6.97. The fraction of sp³-hybridized carbons (Fsp3) is 0. The molecule has 1 aromatic carbocycles. The number of hydrogen-bond donors (Lipinski definition) is 2. The van der Waals surface area contributed by atoms with Gasteiger partial charge in [0.1, 0.15) is 5.82 Å². The number of thiophene rings is 1. The molecule has 0 saturated heterocycles. The maximum Gasteiger partial charge on any atom is 0.279 e. The smallest absolute Gasteiger partial charge is 0.267 e. The van der Waals surface area contributed by atoms with E-state index in [9.17, 15) is 14.0 Å². The van der Waals surface area contributed by atoms with Crippen LogP contribution in [-0.2, 0) is 0 Å². The highest BCUT2D eigenvalue weighted by molar-refractivity contribution is 7.12. The summed E-state index contributed by atoms with van der Waals surface area (Å²) in [5.41, 5.74) is 4.13. The fourth-order valence-electron chi connectivity index (χ4n) is 1.32. The van der Waals surface area contributed by atoms with Crippen LogP contribution in [0.5, 0.6) is 0 Å². The third kappa shape index (κ3) is 3.30. The van der Waals surface area contributed by atoms with E-state index in [0.717, 1.165) is 6.07 Å². The lowest BCUT2D eigenvalue weighted by Crippen LogP contribution is -2.41. The summed E-state index contributed by atoms with van der Waals surface area (Å²) in [5, 5.41) is 1.92. The van der Waals surface area contributed by atoms with Crippen LogP contribution in [0.2, 0.25) is 5.02 Å². The number of rotatable bonds is 2. The van der Waals surface area contributed by atoms with Gasteiger partial charge in [0, 0.05) is 5.02 Å². The van der Waals surface area contributed by atoms with E-state index in [0.29, 0.717) is 4.88 Å². The van der Waals surface area contributed by atoms with Gasteiger partial charge in [0.2, 0.25) is 0 Å². The first-order valence-corrected chi connectivity index (χ1v) is 6.43. The molecule has 0 aliphatic rings. The van der Waals surface area contributed by atoms with Crippen LogP contribution in [-0.4, -0.2) is 11.8 Å². The van der Waals surface area contributed by atoms with E-state index in [1.807, 2.05) is 0 Å².